The maximum absolute atomic E-state index is 12.1. The van der Waals surface area contributed by atoms with Crippen molar-refractivity contribution < 1.29 is 4.79 Å². The van der Waals surface area contributed by atoms with Crippen LogP contribution in [0.1, 0.15) is 5.56 Å². The van der Waals surface area contributed by atoms with E-state index >= 15 is 0 Å². The topological polar surface area (TPSA) is 23.6 Å². The number of likely N-dealkylation sites (N-methyl/N-ethyl adjacent to an activating group) is 1. The largest absolute Gasteiger partial charge is 0.340 e. The highest BCUT2D eigenvalue weighted by molar-refractivity contribution is 9.10. The standard InChI is InChI=1S/C13H16BrClN2O/c1-16-4-6-17(7-5-16)13(18)9-10-2-3-11(14)12(15)8-10/h2-3,8H,4-7,9H2,1H3. The zero-order valence-corrected chi connectivity index (χ0v) is 12.7. The van der Waals surface area contributed by atoms with Crippen molar-refractivity contribution in [2.45, 2.75) is 6.42 Å². The molecule has 5 heteroatoms. The summed E-state index contributed by atoms with van der Waals surface area (Å²) in [6.07, 6.45) is 0.427. The molecule has 1 aromatic carbocycles. The van der Waals surface area contributed by atoms with Crippen LogP contribution in [-0.4, -0.2) is 48.9 Å². The molecule has 0 aliphatic carbocycles. The fraction of sp³-hybridized carbons (Fsp3) is 0.462. The SMILES string of the molecule is CN1CCN(C(=O)Cc2ccc(Br)c(Cl)c2)CC1. The summed E-state index contributed by atoms with van der Waals surface area (Å²) in [6, 6.07) is 5.67. The van der Waals surface area contributed by atoms with Crippen LogP contribution in [0.3, 0.4) is 0 Å². The van der Waals surface area contributed by atoms with Crippen molar-refractivity contribution >= 4 is 33.4 Å². The number of piperazine rings is 1. The minimum absolute atomic E-state index is 0.182. The van der Waals surface area contributed by atoms with Gasteiger partial charge in [0.1, 0.15) is 0 Å². The van der Waals surface area contributed by atoms with Gasteiger partial charge in [-0.1, -0.05) is 17.7 Å². The molecule has 0 aromatic heterocycles. The second-order valence-corrected chi connectivity index (χ2v) is 5.87. The Balaban J connectivity index is 1.96. The summed E-state index contributed by atoms with van der Waals surface area (Å²) < 4.78 is 0.861. The van der Waals surface area contributed by atoms with Crippen LogP contribution in [0.5, 0.6) is 0 Å². The van der Waals surface area contributed by atoms with E-state index in [1.54, 1.807) is 0 Å². The second kappa shape index (κ2) is 6.04. The Morgan fingerprint density at radius 1 is 1.33 bits per heavy atom. The van der Waals surface area contributed by atoms with Crippen LogP contribution in [0.15, 0.2) is 22.7 Å². The number of nitrogens with zero attached hydrogens (tertiary/aromatic N) is 2. The van der Waals surface area contributed by atoms with Crippen LogP contribution in [0.2, 0.25) is 5.02 Å². The smallest absolute Gasteiger partial charge is 0.227 e. The highest BCUT2D eigenvalue weighted by atomic mass is 79.9. The maximum atomic E-state index is 12.1. The molecule has 0 unspecified atom stereocenters. The predicted molar refractivity (Wildman–Crippen MR) is 76.9 cm³/mol. The Bertz CT molecular complexity index is 445. The van der Waals surface area contributed by atoms with E-state index < -0.39 is 0 Å². The lowest BCUT2D eigenvalue weighted by Gasteiger charge is -2.32. The highest BCUT2D eigenvalue weighted by Gasteiger charge is 2.19. The Labute approximate surface area is 121 Å². The number of carbonyl (C=O) groups excluding carboxylic acids is 1. The van der Waals surface area contributed by atoms with Gasteiger partial charge in [0.15, 0.2) is 0 Å². The van der Waals surface area contributed by atoms with Crippen LogP contribution in [0.25, 0.3) is 0 Å². The van der Waals surface area contributed by atoms with E-state index in [-0.39, 0.29) is 5.91 Å². The van der Waals surface area contributed by atoms with Crippen LogP contribution < -0.4 is 0 Å². The van der Waals surface area contributed by atoms with Crippen molar-refractivity contribution in [1.82, 2.24) is 9.80 Å². The normalized spacial score (nSPS) is 16.9. The molecule has 0 bridgehead atoms. The molecule has 1 aliphatic heterocycles. The minimum Gasteiger partial charge on any atom is -0.340 e. The first kappa shape index (κ1) is 13.8. The fourth-order valence-corrected chi connectivity index (χ4v) is 2.44. The van der Waals surface area contributed by atoms with E-state index in [0.717, 1.165) is 36.2 Å². The van der Waals surface area contributed by atoms with Gasteiger partial charge in [-0.3, -0.25) is 4.79 Å². The van der Waals surface area contributed by atoms with Gasteiger partial charge in [0.05, 0.1) is 11.4 Å². The summed E-state index contributed by atoms with van der Waals surface area (Å²) in [5.41, 5.74) is 0.965. The lowest BCUT2D eigenvalue weighted by atomic mass is 10.1. The van der Waals surface area contributed by atoms with Crippen molar-refractivity contribution in [2.24, 2.45) is 0 Å². The Morgan fingerprint density at radius 2 is 2.00 bits per heavy atom. The van der Waals surface area contributed by atoms with Gasteiger partial charge in [0, 0.05) is 30.7 Å². The molecule has 1 amide bonds. The number of amides is 1. The van der Waals surface area contributed by atoms with E-state index in [0.29, 0.717) is 11.4 Å². The summed E-state index contributed by atoms with van der Waals surface area (Å²) in [4.78, 5) is 16.3. The van der Waals surface area contributed by atoms with Crippen molar-refractivity contribution in [2.75, 3.05) is 33.2 Å². The van der Waals surface area contributed by atoms with E-state index in [2.05, 4.69) is 27.9 Å². The van der Waals surface area contributed by atoms with Crippen molar-refractivity contribution in [3.8, 4) is 0 Å². The number of rotatable bonds is 2. The van der Waals surface area contributed by atoms with Crippen LogP contribution in [0.4, 0.5) is 0 Å². The van der Waals surface area contributed by atoms with Crippen molar-refractivity contribution in [1.29, 1.82) is 0 Å². The molecule has 98 valence electrons. The fourth-order valence-electron chi connectivity index (χ4n) is 1.99. The van der Waals surface area contributed by atoms with Gasteiger partial charge in [-0.15, -0.1) is 0 Å². The number of benzene rings is 1. The number of carbonyl (C=O) groups is 1. The van der Waals surface area contributed by atoms with Crippen LogP contribution >= 0.6 is 27.5 Å². The van der Waals surface area contributed by atoms with Crippen LogP contribution in [0, 0.1) is 0 Å². The van der Waals surface area contributed by atoms with Gasteiger partial charge >= 0.3 is 0 Å². The highest BCUT2D eigenvalue weighted by Crippen LogP contribution is 2.23. The molecular formula is C13H16BrClN2O. The lowest BCUT2D eigenvalue weighted by molar-refractivity contribution is -0.132. The summed E-state index contributed by atoms with van der Waals surface area (Å²) >= 11 is 9.37. The average molecular weight is 332 g/mol. The molecule has 1 aromatic rings. The molecule has 1 saturated heterocycles. The average Bonchev–Trinajstić information content (AvgIpc) is 2.34. The predicted octanol–water partition coefficient (Wildman–Crippen LogP) is 2.42. The summed E-state index contributed by atoms with van der Waals surface area (Å²) in [5.74, 6) is 0.182. The molecule has 1 fully saturated rings. The molecule has 0 saturated carbocycles. The van der Waals surface area contributed by atoms with E-state index in [1.165, 1.54) is 0 Å². The zero-order valence-electron chi connectivity index (χ0n) is 10.3. The molecule has 0 radical (unpaired) electrons. The summed E-state index contributed by atoms with van der Waals surface area (Å²) in [5, 5.41) is 0.652. The third kappa shape index (κ3) is 3.46. The van der Waals surface area contributed by atoms with Gasteiger partial charge in [-0.05, 0) is 40.7 Å². The first-order valence-corrected chi connectivity index (χ1v) is 7.13. The first-order valence-electron chi connectivity index (χ1n) is 5.96. The van der Waals surface area contributed by atoms with Gasteiger partial charge in [-0.2, -0.15) is 0 Å². The Hall–Kier alpha value is -0.580. The van der Waals surface area contributed by atoms with Crippen LogP contribution in [-0.2, 0) is 11.2 Å². The summed E-state index contributed by atoms with van der Waals surface area (Å²) in [6.45, 7) is 3.54. The number of halogens is 2. The molecular weight excluding hydrogens is 316 g/mol. The number of hydrogen-bond acceptors (Lipinski definition) is 2. The molecule has 0 atom stereocenters. The number of hydrogen-bond donors (Lipinski definition) is 0. The van der Waals surface area contributed by atoms with Crippen molar-refractivity contribution in [3.63, 3.8) is 0 Å². The third-order valence-electron chi connectivity index (χ3n) is 3.20. The quantitative estimate of drug-likeness (QED) is 0.831. The monoisotopic (exact) mass is 330 g/mol. The minimum atomic E-state index is 0.182. The molecule has 0 N–H and O–H groups in total. The lowest BCUT2D eigenvalue weighted by Crippen LogP contribution is -2.47. The molecule has 1 heterocycles. The zero-order chi connectivity index (χ0) is 13.1. The second-order valence-electron chi connectivity index (χ2n) is 4.61. The van der Waals surface area contributed by atoms with Gasteiger partial charge in [0.25, 0.3) is 0 Å². The third-order valence-corrected chi connectivity index (χ3v) is 4.43. The van der Waals surface area contributed by atoms with Gasteiger partial charge in [0.2, 0.25) is 5.91 Å². The van der Waals surface area contributed by atoms with E-state index in [1.807, 2.05) is 23.1 Å². The van der Waals surface area contributed by atoms with E-state index in [4.69, 9.17) is 11.6 Å². The van der Waals surface area contributed by atoms with Crippen molar-refractivity contribution in [3.05, 3.63) is 33.3 Å². The van der Waals surface area contributed by atoms with E-state index in [9.17, 15) is 4.79 Å². The van der Waals surface area contributed by atoms with Gasteiger partial charge < -0.3 is 9.80 Å². The summed E-state index contributed by atoms with van der Waals surface area (Å²) in [7, 11) is 2.08. The Morgan fingerprint density at radius 3 is 2.61 bits per heavy atom. The Kier molecular flexibility index (Phi) is 4.65. The molecule has 1 aliphatic rings. The maximum Gasteiger partial charge on any atom is 0.227 e. The molecule has 2 rings (SSSR count). The molecule has 0 spiro atoms. The first-order chi connectivity index (χ1) is 8.56. The molecule has 3 nitrogen and oxygen atoms in total. The van der Waals surface area contributed by atoms with Gasteiger partial charge in [-0.25, -0.2) is 0 Å². The molecule has 18 heavy (non-hydrogen) atoms.